The quantitative estimate of drug-likeness (QED) is 0.835. The first-order chi connectivity index (χ1) is 7.24. The molecule has 0 radical (unpaired) electrons. The van der Waals surface area contributed by atoms with Crippen molar-refractivity contribution in [2.24, 2.45) is 5.92 Å². The molecule has 1 saturated carbocycles. The molecule has 0 aromatic heterocycles. The Hall–Kier alpha value is -1.02. The highest BCUT2D eigenvalue weighted by Gasteiger charge is 2.21. The van der Waals surface area contributed by atoms with E-state index in [1.165, 1.54) is 12.8 Å². The van der Waals surface area contributed by atoms with Crippen molar-refractivity contribution in [1.29, 1.82) is 0 Å². The van der Waals surface area contributed by atoms with Gasteiger partial charge in [-0.3, -0.25) is 4.79 Å². The molecule has 0 heterocycles. The number of halogens is 1. The number of rotatable bonds is 4. The van der Waals surface area contributed by atoms with Crippen LogP contribution in [0.1, 0.15) is 18.4 Å². The van der Waals surface area contributed by atoms with E-state index in [0.717, 1.165) is 18.0 Å². The summed E-state index contributed by atoms with van der Waals surface area (Å²) < 4.78 is 0. The number of nitrogens with one attached hydrogen (secondary N) is 1. The van der Waals surface area contributed by atoms with Crippen LogP contribution < -0.4 is 5.32 Å². The van der Waals surface area contributed by atoms with Gasteiger partial charge < -0.3 is 5.32 Å². The summed E-state index contributed by atoms with van der Waals surface area (Å²) in [7, 11) is 0. The number of carbonyl (C=O) groups is 1. The van der Waals surface area contributed by atoms with Crippen molar-refractivity contribution in [3.8, 4) is 0 Å². The Bertz CT molecular complexity index is 343. The highest BCUT2D eigenvalue weighted by Crippen LogP contribution is 2.27. The summed E-state index contributed by atoms with van der Waals surface area (Å²) >= 11 is 5.76. The zero-order chi connectivity index (χ0) is 10.7. The molecular weight excluding hydrogens is 210 g/mol. The summed E-state index contributed by atoms with van der Waals surface area (Å²) in [6.45, 7) is 0.840. The molecule has 2 nitrogen and oxygen atoms in total. The standard InChI is InChI=1S/C12H14ClNO/c13-11-5-3-9(4-6-11)7-12(15)14-8-10-1-2-10/h3-6,10H,1-2,7-8H2,(H,14,15). The van der Waals surface area contributed by atoms with Gasteiger partial charge in [0.1, 0.15) is 0 Å². The maximum atomic E-state index is 11.5. The Morgan fingerprint density at radius 1 is 1.33 bits per heavy atom. The van der Waals surface area contributed by atoms with Crippen LogP contribution in [-0.4, -0.2) is 12.5 Å². The minimum absolute atomic E-state index is 0.101. The molecule has 1 amide bonds. The maximum Gasteiger partial charge on any atom is 0.224 e. The molecule has 15 heavy (non-hydrogen) atoms. The van der Waals surface area contributed by atoms with Gasteiger partial charge in [0.15, 0.2) is 0 Å². The van der Waals surface area contributed by atoms with Gasteiger partial charge in [-0.05, 0) is 36.5 Å². The minimum atomic E-state index is 0.101. The van der Waals surface area contributed by atoms with E-state index in [2.05, 4.69) is 5.32 Å². The van der Waals surface area contributed by atoms with Crippen LogP contribution in [0.15, 0.2) is 24.3 Å². The van der Waals surface area contributed by atoms with Crippen molar-refractivity contribution < 1.29 is 4.79 Å². The third-order valence-corrected chi connectivity index (χ3v) is 2.81. The molecule has 0 bridgehead atoms. The average molecular weight is 224 g/mol. The third-order valence-electron chi connectivity index (χ3n) is 2.56. The van der Waals surface area contributed by atoms with Crippen molar-refractivity contribution in [3.63, 3.8) is 0 Å². The van der Waals surface area contributed by atoms with Gasteiger partial charge in [-0.1, -0.05) is 23.7 Å². The summed E-state index contributed by atoms with van der Waals surface area (Å²) in [4.78, 5) is 11.5. The Labute approximate surface area is 94.6 Å². The molecule has 3 heteroatoms. The molecular formula is C12H14ClNO. The van der Waals surface area contributed by atoms with Crippen LogP contribution in [0.2, 0.25) is 5.02 Å². The highest BCUT2D eigenvalue weighted by molar-refractivity contribution is 6.30. The van der Waals surface area contributed by atoms with Crippen molar-refractivity contribution in [1.82, 2.24) is 5.32 Å². The largest absolute Gasteiger partial charge is 0.356 e. The van der Waals surface area contributed by atoms with E-state index in [1.807, 2.05) is 24.3 Å². The lowest BCUT2D eigenvalue weighted by Gasteiger charge is -2.03. The summed E-state index contributed by atoms with van der Waals surface area (Å²) in [5.41, 5.74) is 1.01. The molecule has 1 aliphatic rings. The molecule has 1 aromatic rings. The lowest BCUT2D eigenvalue weighted by Crippen LogP contribution is -2.27. The molecule has 1 aromatic carbocycles. The minimum Gasteiger partial charge on any atom is -0.356 e. The van der Waals surface area contributed by atoms with Crippen LogP contribution >= 0.6 is 11.6 Å². The monoisotopic (exact) mass is 223 g/mol. The lowest BCUT2D eigenvalue weighted by atomic mass is 10.1. The zero-order valence-corrected chi connectivity index (χ0v) is 9.26. The van der Waals surface area contributed by atoms with E-state index >= 15 is 0 Å². The average Bonchev–Trinajstić information content (AvgIpc) is 3.02. The Kier molecular flexibility index (Phi) is 3.27. The highest BCUT2D eigenvalue weighted by atomic mass is 35.5. The summed E-state index contributed by atoms with van der Waals surface area (Å²) in [5, 5.41) is 3.64. The molecule has 80 valence electrons. The topological polar surface area (TPSA) is 29.1 Å². The van der Waals surface area contributed by atoms with Crippen LogP contribution in [0.25, 0.3) is 0 Å². The van der Waals surface area contributed by atoms with E-state index < -0.39 is 0 Å². The Morgan fingerprint density at radius 3 is 2.60 bits per heavy atom. The SMILES string of the molecule is O=C(Cc1ccc(Cl)cc1)NCC1CC1. The van der Waals surface area contributed by atoms with Crippen LogP contribution in [0.5, 0.6) is 0 Å². The van der Waals surface area contributed by atoms with Crippen molar-refractivity contribution in [2.45, 2.75) is 19.3 Å². The molecule has 0 atom stereocenters. The number of hydrogen-bond donors (Lipinski definition) is 1. The lowest BCUT2D eigenvalue weighted by molar-refractivity contribution is -0.120. The molecule has 0 saturated heterocycles. The van der Waals surface area contributed by atoms with Gasteiger partial charge in [0, 0.05) is 11.6 Å². The van der Waals surface area contributed by atoms with E-state index in [9.17, 15) is 4.79 Å². The fraction of sp³-hybridized carbons (Fsp3) is 0.417. The summed E-state index contributed by atoms with van der Waals surface area (Å²) in [6, 6.07) is 7.40. The third kappa shape index (κ3) is 3.56. The Balaban J connectivity index is 1.79. The molecule has 0 unspecified atom stereocenters. The van der Waals surface area contributed by atoms with Gasteiger partial charge in [0.2, 0.25) is 5.91 Å². The van der Waals surface area contributed by atoms with Crippen molar-refractivity contribution in [3.05, 3.63) is 34.9 Å². The van der Waals surface area contributed by atoms with E-state index in [0.29, 0.717) is 11.4 Å². The van der Waals surface area contributed by atoms with E-state index in [4.69, 9.17) is 11.6 Å². The first-order valence-electron chi connectivity index (χ1n) is 5.25. The van der Waals surface area contributed by atoms with Crippen LogP contribution in [0.3, 0.4) is 0 Å². The molecule has 1 fully saturated rings. The maximum absolute atomic E-state index is 11.5. The van der Waals surface area contributed by atoms with Gasteiger partial charge >= 0.3 is 0 Å². The molecule has 0 spiro atoms. The summed E-state index contributed by atoms with van der Waals surface area (Å²) in [5.74, 6) is 0.836. The predicted octanol–water partition coefficient (Wildman–Crippen LogP) is 2.41. The number of carbonyl (C=O) groups excluding carboxylic acids is 1. The number of benzene rings is 1. The summed E-state index contributed by atoms with van der Waals surface area (Å²) in [6.07, 6.45) is 2.98. The Morgan fingerprint density at radius 2 is 2.00 bits per heavy atom. The van der Waals surface area contributed by atoms with Gasteiger partial charge in [-0.25, -0.2) is 0 Å². The fourth-order valence-electron chi connectivity index (χ4n) is 1.43. The molecule has 2 rings (SSSR count). The molecule has 0 aliphatic heterocycles. The van der Waals surface area contributed by atoms with Crippen LogP contribution in [0.4, 0.5) is 0 Å². The second-order valence-electron chi connectivity index (χ2n) is 4.05. The number of amides is 1. The second-order valence-corrected chi connectivity index (χ2v) is 4.49. The van der Waals surface area contributed by atoms with Gasteiger partial charge in [0.05, 0.1) is 6.42 Å². The van der Waals surface area contributed by atoms with Crippen LogP contribution in [-0.2, 0) is 11.2 Å². The van der Waals surface area contributed by atoms with Gasteiger partial charge in [0.25, 0.3) is 0 Å². The molecule has 1 N–H and O–H groups in total. The van der Waals surface area contributed by atoms with Crippen molar-refractivity contribution >= 4 is 17.5 Å². The van der Waals surface area contributed by atoms with Crippen molar-refractivity contribution in [2.75, 3.05) is 6.54 Å². The smallest absolute Gasteiger partial charge is 0.224 e. The number of hydrogen-bond acceptors (Lipinski definition) is 1. The predicted molar refractivity (Wildman–Crippen MR) is 60.9 cm³/mol. The molecule has 1 aliphatic carbocycles. The normalized spacial score (nSPS) is 15.0. The second kappa shape index (κ2) is 4.67. The fourth-order valence-corrected chi connectivity index (χ4v) is 1.56. The van der Waals surface area contributed by atoms with E-state index in [1.54, 1.807) is 0 Å². The first kappa shape index (κ1) is 10.5. The first-order valence-corrected chi connectivity index (χ1v) is 5.63. The van der Waals surface area contributed by atoms with E-state index in [-0.39, 0.29) is 5.91 Å². The zero-order valence-electron chi connectivity index (χ0n) is 8.50. The van der Waals surface area contributed by atoms with Gasteiger partial charge in [-0.2, -0.15) is 0 Å². The van der Waals surface area contributed by atoms with Gasteiger partial charge in [-0.15, -0.1) is 0 Å². The van der Waals surface area contributed by atoms with Crippen LogP contribution in [0, 0.1) is 5.92 Å².